The van der Waals surface area contributed by atoms with E-state index in [2.05, 4.69) is 6.07 Å². The Morgan fingerprint density at radius 1 is 0.595 bits per heavy atom. The van der Waals surface area contributed by atoms with Crippen molar-refractivity contribution in [2.75, 3.05) is 12.9 Å². The molecule has 7 heteroatoms. The van der Waals surface area contributed by atoms with Crippen molar-refractivity contribution in [2.45, 2.75) is 62.0 Å². The maximum atomic E-state index is 11.3. The Morgan fingerprint density at radius 3 is 1.69 bits per heavy atom. The molecule has 5 atom stereocenters. The smallest absolute Gasteiger partial charge is 0.184 e. The standard InChI is InChI=1S/C35H38O6S/c1-42-31-20-12-11-19-29(31)24-40-34-33(39-23-28-17-9-4-10-18-28)32(38-22-27-15-7-3-8-16-27)30(41-35(34)36)25-37-21-26-13-5-2-6-14-26/h2-20,30,32-36H,21-25H2,1H3/t30-,32-,33+,34-,35?/m1/s1. The maximum Gasteiger partial charge on any atom is 0.184 e. The SMILES string of the molecule is CSc1ccccc1CO[C@H]1C(O)O[C@H](COCc2ccccc2)[C@@H](OCc2ccccc2)[C@@H]1OCc1ccccc1. The summed E-state index contributed by atoms with van der Waals surface area (Å²) in [6.07, 6.45) is -1.73. The quantitative estimate of drug-likeness (QED) is 0.172. The molecule has 0 saturated carbocycles. The average Bonchev–Trinajstić information content (AvgIpc) is 3.04. The van der Waals surface area contributed by atoms with E-state index in [1.165, 1.54) is 0 Å². The molecule has 42 heavy (non-hydrogen) atoms. The minimum Gasteiger partial charge on any atom is -0.374 e. The second kappa shape index (κ2) is 16.0. The summed E-state index contributed by atoms with van der Waals surface area (Å²) in [6.45, 7) is 1.63. The van der Waals surface area contributed by atoms with Gasteiger partial charge in [0.2, 0.25) is 0 Å². The molecule has 5 rings (SSSR count). The summed E-state index contributed by atoms with van der Waals surface area (Å²) in [6, 6.07) is 38.0. The van der Waals surface area contributed by atoms with E-state index in [1.54, 1.807) is 11.8 Å². The van der Waals surface area contributed by atoms with Gasteiger partial charge in [-0.3, -0.25) is 0 Å². The molecule has 0 bridgehead atoms. The molecule has 1 N–H and O–H groups in total. The third kappa shape index (κ3) is 8.52. The molecule has 4 aromatic carbocycles. The highest BCUT2D eigenvalue weighted by atomic mass is 32.2. The Labute approximate surface area is 252 Å². The van der Waals surface area contributed by atoms with Crippen LogP contribution in [0.15, 0.2) is 120 Å². The third-order valence-electron chi connectivity index (χ3n) is 7.20. The monoisotopic (exact) mass is 586 g/mol. The van der Waals surface area contributed by atoms with Crippen LogP contribution >= 0.6 is 11.8 Å². The minimum absolute atomic E-state index is 0.221. The predicted molar refractivity (Wildman–Crippen MR) is 164 cm³/mol. The molecule has 1 fully saturated rings. The van der Waals surface area contributed by atoms with Crippen molar-refractivity contribution in [3.8, 4) is 0 Å². The van der Waals surface area contributed by atoms with Gasteiger partial charge in [-0.15, -0.1) is 11.8 Å². The van der Waals surface area contributed by atoms with Crippen LogP contribution in [-0.2, 0) is 50.1 Å². The first-order valence-electron chi connectivity index (χ1n) is 14.2. The summed E-state index contributed by atoms with van der Waals surface area (Å²) in [5.74, 6) is 0. The highest BCUT2D eigenvalue weighted by molar-refractivity contribution is 7.98. The minimum atomic E-state index is -1.23. The first kappa shape index (κ1) is 30.4. The number of benzene rings is 4. The molecule has 220 valence electrons. The van der Waals surface area contributed by atoms with Crippen LogP contribution in [0.25, 0.3) is 0 Å². The molecule has 1 aliphatic heterocycles. The van der Waals surface area contributed by atoms with Crippen LogP contribution in [0.5, 0.6) is 0 Å². The van der Waals surface area contributed by atoms with E-state index in [4.69, 9.17) is 23.7 Å². The van der Waals surface area contributed by atoms with Crippen LogP contribution in [0, 0.1) is 0 Å². The lowest BCUT2D eigenvalue weighted by Crippen LogP contribution is -2.61. The van der Waals surface area contributed by atoms with E-state index in [1.807, 2.05) is 115 Å². The van der Waals surface area contributed by atoms with Gasteiger partial charge in [-0.05, 0) is 34.6 Å². The number of thioether (sulfide) groups is 1. The molecule has 0 aliphatic carbocycles. The topological polar surface area (TPSA) is 66.4 Å². The maximum absolute atomic E-state index is 11.3. The van der Waals surface area contributed by atoms with Gasteiger partial charge in [-0.1, -0.05) is 109 Å². The number of hydrogen-bond acceptors (Lipinski definition) is 7. The molecule has 1 heterocycles. The van der Waals surface area contributed by atoms with Crippen LogP contribution < -0.4 is 0 Å². The molecule has 1 unspecified atom stereocenters. The van der Waals surface area contributed by atoms with Gasteiger partial charge in [-0.2, -0.15) is 0 Å². The van der Waals surface area contributed by atoms with E-state index in [0.717, 1.165) is 27.1 Å². The van der Waals surface area contributed by atoms with Crippen molar-refractivity contribution < 1.29 is 28.8 Å². The Kier molecular flexibility index (Phi) is 11.6. The highest BCUT2D eigenvalue weighted by Crippen LogP contribution is 2.31. The van der Waals surface area contributed by atoms with E-state index in [-0.39, 0.29) is 6.61 Å². The molecule has 0 radical (unpaired) electrons. The second-order valence-electron chi connectivity index (χ2n) is 10.2. The highest BCUT2D eigenvalue weighted by Gasteiger charge is 2.48. The van der Waals surface area contributed by atoms with Crippen molar-refractivity contribution in [1.29, 1.82) is 0 Å². The van der Waals surface area contributed by atoms with E-state index in [0.29, 0.717) is 26.4 Å². The third-order valence-corrected chi connectivity index (χ3v) is 8.04. The lowest BCUT2D eigenvalue weighted by molar-refractivity contribution is -0.317. The van der Waals surface area contributed by atoms with Crippen LogP contribution in [0.1, 0.15) is 22.3 Å². The Morgan fingerprint density at radius 2 is 1.10 bits per heavy atom. The van der Waals surface area contributed by atoms with E-state index in [9.17, 15) is 5.11 Å². The first-order chi connectivity index (χ1) is 20.7. The van der Waals surface area contributed by atoms with Crippen LogP contribution in [0.4, 0.5) is 0 Å². The van der Waals surface area contributed by atoms with Crippen molar-refractivity contribution in [1.82, 2.24) is 0 Å². The van der Waals surface area contributed by atoms with Crippen molar-refractivity contribution in [3.05, 3.63) is 138 Å². The van der Waals surface area contributed by atoms with Gasteiger partial charge in [0, 0.05) is 4.90 Å². The zero-order valence-electron chi connectivity index (χ0n) is 23.8. The molecule has 0 spiro atoms. The van der Waals surface area contributed by atoms with Gasteiger partial charge < -0.3 is 28.8 Å². The number of aliphatic hydroxyl groups excluding tert-OH is 1. The summed E-state index contributed by atoms with van der Waals surface area (Å²) < 4.78 is 31.7. The average molecular weight is 587 g/mol. The molecule has 1 aliphatic rings. The lowest BCUT2D eigenvalue weighted by Gasteiger charge is -2.44. The Balaban J connectivity index is 1.37. The molecular weight excluding hydrogens is 548 g/mol. The molecule has 6 nitrogen and oxygen atoms in total. The molecule has 0 amide bonds. The van der Waals surface area contributed by atoms with Gasteiger partial charge in [-0.25, -0.2) is 0 Å². The summed E-state index contributed by atoms with van der Waals surface area (Å²) in [4.78, 5) is 1.12. The summed E-state index contributed by atoms with van der Waals surface area (Å²) in [5.41, 5.74) is 4.14. The number of ether oxygens (including phenoxy) is 5. The van der Waals surface area contributed by atoms with Gasteiger partial charge in [0.05, 0.1) is 33.0 Å². The number of hydrogen-bond donors (Lipinski definition) is 1. The van der Waals surface area contributed by atoms with Gasteiger partial charge in [0.1, 0.15) is 24.4 Å². The van der Waals surface area contributed by atoms with Crippen LogP contribution in [0.3, 0.4) is 0 Å². The van der Waals surface area contributed by atoms with Gasteiger partial charge >= 0.3 is 0 Å². The van der Waals surface area contributed by atoms with E-state index < -0.39 is 30.7 Å². The predicted octanol–water partition coefficient (Wildman–Crippen LogP) is 6.40. The molecule has 4 aromatic rings. The summed E-state index contributed by atoms with van der Waals surface area (Å²) >= 11 is 1.66. The van der Waals surface area contributed by atoms with Crippen molar-refractivity contribution >= 4 is 11.8 Å². The molecule has 1 saturated heterocycles. The van der Waals surface area contributed by atoms with E-state index >= 15 is 0 Å². The molecule has 0 aromatic heterocycles. The number of rotatable bonds is 14. The first-order valence-corrected chi connectivity index (χ1v) is 15.4. The number of aliphatic hydroxyl groups is 1. The molecular formula is C35H38O6S. The van der Waals surface area contributed by atoms with Gasteiger partial charge in [0.25, 0.3) is 0 Å². The van der Waals surface area contributed by atoms with Crippen LogP contribution in [0.2, 0.25) is 0 Å². The fourth-order valence-corrected chi connectivity index (χ4v) is 5.61. The second-order valence-corrected chi connectivity index (χ2v) is 11.0. The Hall–Kier alpha value is -3.01. The zero-order chi connectivity index (χ0) is 29.0. The largest absolute Gasteiger partial charge is 0.374 e. The zero-order valence-corrected chi connectivity index (χ0v) is 24.6. The van der Waals surface area contributed by atoms with Crippen molar-refractivity contribution in [2.24, 2.45) is 0 Å². The normalized spacial score (nSPS) is 22.2. The fraction of sp³-hybridized carbons (Fsp3) is 0.314. The lowest BCUT2D eigenvalue weighted by atomic mass is 9.98. The van der Waals surface area contributed by atoms with Crippen LogP contribution in [-0.4, -0.2) is 48.7 Å². The fourth-order valence-electron chi connectivity index (χ4n) is 5.01. The van der Waals surface area contributed by atoms with Gasteiger partial charge in [0.15, 0.2) is 6.29 Å². The Bertz CT molecular complexity index is 1320. The summed E-state index contributed by atoms with van der Waals surface area (Å²) in [5, 5.41) is 11.3. The van der Waals surface area contributed by atoms with Crippen molar-refractivity contribution in [3.63, 3.8) is 0 Å². The summed E-state index contributed by atoms with van der Waals surface area (Å²) in [7, 11) is 0.